The Morgan fingerprint density at radius 1 is 0.907 bits per heavy atom. The van der Waals surface area contributed by atoms with E-state index in [4.69, 9.17) is 14.2 Å². The molecule has 0 spiro atoms. The van der Waals surface area contributed by atoms with E-state index in [2.05, 4.69) is 14.7 Å². The van der Waals surface area contributed by atoms with E-state index in [0.717, 1.165) is 32.1 Å². The van der Waals surface area contributed by atoms with Gasteiger partial charge in [-0.3, -0.25) is 4.98 Å². The number of rotatable bonds is 10. The molecule has 3 aromatic carbocycles. The van der Waals surface area contributed by atoms with Crippen molar-refractivity contribution in [2.24, 2.45) is 10.3 Å². The molecule has 0 bridgehead atoms. The summed E-state index contributed by atoms with van der Waals surface area (Å²) in [5.41, 5.74) is 1.34. The molecule has 1 aliphatic rings. The summed E-state index contributed by atoms with van der Waals surface area (Å²) in [6, 6.07) is 14.6. The zero-order chi connectivity index (χ0) is 30.4. The predicted molar refractivity (Wildman–Crippen MR) is 163 cm³/mol. The van der Waals surface area contributed by atoms with Gasteiger partial charge in [-0.1, -0.05) is 44.2 Å². The number of aromatic nitrogens is 1. The summed E-state index contributed by atoms with van der Waals surface area (Å²) in [5, 5.41) is 3.65. The molecule has 1 heterocycles. The minimum atomic E-state index is -3.95. The molecule has 0 unspecified atom stereocenters. The van der Waals surface area contributed by atoms with Crippen LogP contribution in [0.5, 0.6) is 23.0 Å². The number of sulfonamides is 1. The molecule has 43 heavy (non-hydrogen) atoms. The summed E-state index contributed by atoms with van der Waals surface area (Å²) in [4.78, 5) is 4.35. The molecule has 1 saturated carbocycles. The zero-order valence-electron chi connectivity index (χ0n) is 24.0. The van der Waals surface area contributed by atoms with E-state index in [1.165, 1.54) is 50.6 Å². The smallest absolute Gasteiger partial charge is 0.258 e. The first-order valence-corrected chi connectivity index (χ1v) is 15.6. The number of nitrogens with one attached hydrogen (secondary N) is 1. The fraction of sp³-hybridized carbons (Fsp3) is 0.312. The first-order chi connectivity index (χ1) is 20.7. The number of methoxy groups -OCH3 is 2. The molecule has 0 amide bonds. The van der Waals surface area contributed by atoms with Crippen molar-refractivity contribution in [3.63, 3.8) is 0 Å². The van der Waals surface area contributed by atoms with Gasteiger partial charge in [-0.2, -0.15) is 0 Å². The maximum atomic E-state index is 15.4. The molecule has 1 aliphatic carbocycles. The van der Waals surface area contributed by atoms with Gasteiger partial charge in [0.25, 0.3) is 10.0 Å². The highest BCUT2D eigenvalue weighted by Crippen LogP contribution is 2.37. The van der Waals surface area contributed by atoms with Gasteiger partial charge in [-0.15, -0.1) is 4.40 Å². The van der Waals surface area contributed by atoms with Gasteiger partial charge in [0.05, 0.1) is 25.5 Å². The Bertz CT molecular complexity index is 1720. The summed E-state index contributed by atoms with van der Waals surface area (Å²) in [7, 11) is -0.900. The Kier molecular flexibility index (Phi) is 9.40. The van der Waals surface area contributed by atoms with Crippen molar-refractivity contribution in [2.75, 3.05) is 19.5 Å². The van der Waals surface area contributed by atoms with Crippen LogP contribution in [-0.2, 0) is 15.8 Å². The summed E-state index contributed by atoms with van der Waals surface area (Å²) in [5.74, 6) is 0.365. The molecule has 8 nitrogen and oxygen atoms in total. The first-order valence-electron chi connectivity index (χ1n) is 14.0. The number of nitrogens with zero attached hydrogens (tertiary/aromatic N) is 2. The number of hydrogen-bond acceptors (Lipinski definition) is 6. The summed E-state index contributed by atoms with van der Waals surface area (Å²) in [6.45, 7) is 0. The Morgan fingerprint density at radius 2 is 1.63 bits per heavy atom. The van der Waals surface area contributed by atoms with Crippen molar-refractivity contribution in [2.45, 2.75) is 44.3 Å². The molecule has 5 rings (SSSR count). The third kappa shape index (κ3) is 7.78. The lowest BCUT2D eigenvalue weighted by atomic mass is 9.87. The number of hydrogen-bond donors (Lipinski definition) is 1. The molecule has 1 N–H and O–H groups in total. The molecule has 0 atom stereocenters. The van der Waals surface area contributed by atoms with Crippen molar-refractivity contribution in [3.05, 3.63) is 84.1 Å². The molecule has 1 aromatic heterocycles. The van der Waals surface area contributed by atoms with Gasteiger partial charge < -0.3 is 19.5 Å². The van der Waals surface area contributed by atoms with Crippen LogP contribution in [-0.4, -0.2) is 33.5 Å². The van der Waals surface area contributed by atoms with Gasteiger partial charge in [0.15, 0.2) is 23.1 Å². The highest BCUT2D eigenvalue weighted by atomic mass is 32.2. The Morgan fingerprint density at radius 3 is 2.33 bits per heavy atom. The average Bonchev–Trinajstić information content (AvgIpc) is 2.99. The zero-order valence-corrected chi connectivity index (χ0v) is 24.8. The van der Waals surface area contributed by atoms with Crippen LogP contribution in [0.3, 0.4) is 0 Å². The minimum Gasteiger partial charge on any atom is -0.493 e. The number of fused-ring (bicyclic) bond motifs is 1. The van der Waals surface area contributed by atoms with Gasteiger partial charge >= 0.3 is 0 Å². The van der Waals surface area contributed by atoms with E-state index in [0.29, 0.717) is 45.8 Å². The monoisotopic (exact) mass is 609 g/mol. The van der Waals surface area contributed by atoms with Crippen molar-refractivity contribution >= 4 is 32.4 Å². The molecule has 11 heteroatoms. The predicted octanol–water partition coefficient (Wildman–Crippen LogP) is 7.63. The third-order valence-corrected chi connectivity index (χ3v) is 8.56. The fourth-order valence-electron chi connectivity index (χ4n) is 5.25. The lowest BCUT2D eigenvalue weighted by Crippen LogP contribution is -2.21. The maximum absolute atomic E-state index is 15.4. The maximum Gasteiger partial charge on any atom is 0.258 e. The SMILES string of the molecule is COc1cc2nccc(Oc3ccc(N/C(CC4CCCCC4)=N\S(=O)(=O)Cc4ccc(F)cc4)cc3F)c2cc1OC. The van der Waals surface area contributed by atoms with Gasteiger partial charge in [-0.25, -0.2) is 17.2 Å². The second-order valence-corrected chi connectivity index (χ2v) is 12.1. The summed E-state index contributed by atoms with van der Waals surface area (Å²) >= 11 is 0. The van der Waals surface area contributed by atoms with E-state index < -0.39 is 21.7 Å². The van der Waals surface area contributed by atoms with Crippen LogP contribution in [0.2, 0.25) is 0 Å². The molecule has 226 valence electrons. The van der Waals surface area contributed by atoms with Gasteiger partial charge in [0.2, 0.25) is 0 Å². The van der Waals surface area contributed by atoms with Crippen LogP contribution in [0.4, 0.5) is 14.5 Å². The lowest BCUT2D eigenvalue weighted by Gasteiger charge is -2.22. The topological polar surface area (TPSA) is 99.1 Å². The van der Waals surface area contributed by atoms with Crippen molar-refractivity contribution in [3.8, 4) is 23.0 Å². The molecule has 1 fully saturated rings. The molecular formula is C32H33F2N3O5S. The number of anilines is 1. The van der Waals surface area contributed by atoms with Gasteiger partial charge in [0.1, 0.15) is 17.4 Å². The third-order valence-electron chi connectivity index (χ3n) is 7.37. The van der Waals surface area contributed by atoms with Crippen molar-refractivity contribution in [1.82, 2.24) is 4.98 Å². The molecule has 0 aliphatic heterocycles. The summed E-state index contributed by atoms with van der Waals surface area (Å²) < 4.78 is 75.5. The normalized spacial score (nSPS) is 14.5. The number of amidine groups is 1. The van der Waals surface area contributed by atoms with Crippen molar-refractivity contribution in [1.29, 1.82) is 0 Å². The fourth-order valence-corrected chi connectivity index (χ4v) is 6.38. The highest BCUT2D eigenvalue weighted by molar-refractivity contribution is 7.89. The Hall–Kier alpha value is -4.25. The second kappa shape index (κ2) is 13.4. The number of ether oxygens (including phenoxy) is 3. The van der Waals surface area contributed by atoms with E-state index in [1.807, 2.05) is 0 Å². The van der Waals surface area contributed by atoms with Crippen LogP contribution < -0.4 is 19.5 Å². The molecule has 0 radical (unpaired) electrons. The van der Waals surface area contributed by atoms with Crippen LogP contribution in [0, 0.1) is 17.6 Å². The van der Waals surface area contributed by atoms with E-state index in [-0.39, 0.29) is 23.3 Å². The average molecular weight is 610 g/mol. The number of pyridine rings is 1. The van der Waals surface area contributed by atoms with Crippen LogP contribution in [0.25, 0.3) is 10.9 Å². The second-order valence-electron chi connectivity index (χ2n) is 10.5. The van der Waals surface area contributed by atoms with E-state index in [1.54, 1.807) is 30.5 Å². The van der Waals surface area contributed by atoms with Crippen LogP contribution in [0.15, 0.2) is 71.3 Å². The number of halogens is 2. The molecule has 0 saturated heterocycles. The van der Waals surface area contributed by atoms with Gasteiger partial charge in [-0.05, 0) is 47.9 Å². The quantitative estimate of drug-likeness (QED) is 0.146. The minimum absolute atomic E-state index is 0.0254. The van der Waals surface area contributed by atoms with Crippen molar-refractivity contribution < 1.29 is 31.4 Å². The van der Waals surface area contributed by atoms with E-state index in [9.17, 15) is 12.8 Å². The lowest BCUT2D eigenvalue weighted by molar-refractivity contribution is 0.355. The van der Waals surface area contributed by atoms with E-state index >= 15 is 4.39 Å². The van der Waals surface area contributed by atoms with Gasteiger partial charge in [0, 0.05) is 35.8 Å². The Balaban J connectivity index is 1.39. The standard InChI is InChI=1S/C32H33F2N3O5S/c1-40-30-18-25-27(19-31(30)41-2)35-15-14-28(25)42-29-13-12-24(17-26(29)34)36-32(16-21-6-4-3-5-7-21)37-43(38,39)20-22-8-10-23(33)11-9-22/h8-15,17-19,21H,3-7,16,20H2,1-2H3,(H,36,37). The summed E-state index contributed by atoms with van der Waals surface area (Å²) in [6.07, 6.45) is 7.20. The first kappa shape index (κ1) is 30.2. The molecule has 4 aromatic rings. The van der Waals surface area contributed by atoms with Crippen LogP contribution >= 0.6 is 0 Å². The number of benzene rings is 3. The highest BCUT2D eigenvalue weighted by Gasteiger charge is 2.20. The Labute approximate surface area is 249 Å². The molecular weight excluding hydrogens is 576 g/mol. The van der Waals surface area contributed by atoms with Crippen LogP contribution in [0.1, 0.15) is 44.1 Å². The largest absolute Gasteiger partial charge is 0.493 e.